The normalized spacial score (nSPS) is 11.2. The molecule has 0 amide bonds. The topological polar surface area (TPSA) is 43.6 Å². The van der Waals surface area contributed by atoms with Gasteiger partial charge >= 0.3 is 0 Å². The van der Waals surface area contributed by atoms with Gasteiger partial charge in [0.15, 0.2) is 5.65 Å². The molecule has 0 aliphatic carbocycles. The summed E-state index contributed by atoms with van der Waals surface area (Å²) in [5.74, 6) is 0.573. The molecule has 0 aliphatic heterocycles. The Morgan fingerprint density at radius 1 is 1.11 bits per heavy atom. The van der Waals surface area contributed by atoms with Crippen LogP contribution in [-0.4, -0.2) is 19.7 Å². The average molecular weight is 314 g/mol. The van der Waals surface area contributed by atoms with E-state index in [9.17, 15) is 0 Å². The summed E-state index contributed by atoms with van der Waals surface area (Å²) in [7, 11) is 0. The van der Waals surface area contributed by atoms with Crippen molar-refractivity contribution < 1.29 is 0 Å². The van der Waals surface area contributed by atoms with Crippen LogP contribution in [0.3, 0.4) is 0 Å². The molecule has 0 N–H and O–H groups in total. The van der Waals surface area contributed by atoms with Crippen molar-refractivity contribution in [3.63, 3.8) is 0 Å². The number of rotatable bonds is 1. The smallest absolute Gasteiger partial charge is 0.168 e. The van der Waals surface area contributed by atoms with E-state index in [0.717, 1.165) is 0 Å². The fourth-order valence-electron chi connectivity index (χ4n) is 1.80. The zero-order valence-corrected chi connectivity index (χ0v) is 12.0. The summed E-state index contributed by atoms with van der Waals surface area (Å²) in [6.45, 7) is 1.77. The molecule has 2 aromatic heterocycles. The van der Waals surface area contributed by atoms with E-state index in [0.29, 0.717) is 37.7 Å². The van der Waals surface area contributed by atoms with Crippen molar-refractivity contribution in [1.82, 2.24) is 19.7 Å². The average Bonchev–Trinajstić information content (AvgIpc) is 2.73. The van der Waals surface area contributed by atoms with Crippen molar-refractivity contribution in [3.8, 4) is 5.69 Å². The molecule has 2 heterocycles. The highest BCUT2D eigenvalue weighted by Gasteiger charge is 2.13. The standard InChI is InChI=1S/C12H7Cl3N4/c1-6-17-11(15)8-5-16-19(12(8)18-6)10-3-2-7(13)4-9(10)14/h2-5H,1H3. The van der Waals surface area contributed by atoms with Crippen LogP contribution in [-0.2, 0) is 0 Å². The van der Waals surface area contributed by atoms with Gasteiger partial charge in [-0.25, -0.2) is 14.6 Å². The van der Waals surface area contributed by atoms with Gasteiger partial charge in [0.2, 0.25) is 0 Å². The van der Waals surface area contributed by atoms with Gasteiger partial charge in [0, 0.05) is 5.02 Å². The van der Waals surface area contributed by atoms with Gasteiger partial charge in [0.25, 0.3) is 0 Å². The molecule has 19 heavy (non-hydrogen) atoms. The Labute approximate surface area is 123 Å². The molecule has 0 aliphatic rings. The molecule has 3 aromatic rings. The van der Waals surface area contributed by atoms with Gasteiger partial charge in [-0.2, -0.15) is 5.10 Å². The Balaban J connectivity index is 2.31. The molecular weight excluding hydrogens is 307 g/mol. The third-order valence-electron chi connectivity index (χ3n) is 2.63. The van der Waals surface area contributed by atoms with Crippen molar-refractivity contribution in [2.45, 2.75) is 6.92 Å². The van der Waals surface area contributed by atoms with Crippen molar-refractivity contribution in [1.29, 1.82) is 0 Å². The lowest BCUT2D eigenvalue weighted by Gasteiger charge is -2.06. The molecule has 0 spiro atoms. The zero-order chi connectivity index (χ0) is 13.6. The number of hydrogen-bond acceptors (Lipinski definition) is 3. The molecule has 7 heteroatoms. The highest BCUT2D eigenvalue weighted by Crippen LogP contribution is 2.28. The summed E-state index contributed by atoms with van der Waals surface area (Å²) in [5, 5.41) is 6.37. The largest absolute Gasteiger partial charge is 0.221 e. The van der Waals surface area contributed by atoms with E-state index in [1.54, 1.807) is 36.0 Å². The molecule has 1 aromatic carbocycles. The van der Waals surface area contributed by atoms with E-state index in [1.807, 2.05) is 0 Å². The second-order valence-corrected chi connectivity index (χ2v) is 5.15. The Hall–Kier alpha value is -1.36. The van der Waals surface area contributed by atoms with Crippen molar-refractivity contribution in [2.24, 2.45) is 0 Å². The predicted molar refractivity (Wildman–Crippen MR) is 76.4 cm³/mol. The van der Waals surface area contributed by atoms with E-state index in [-0.39, 0.29) is 0 Å². The number of fused-ring (bicyclic) bond motifs is 1. The number of aromatic nitrogens is 4. The molecule has 3 rings (SSSR count). The molecule has 0 saturated carbocycles. The van der Waals surface area contributed by atoms with E-state index in [2.05, 4.69) is 15.1 Å². The minimum Gasteiger partial charge on any atom is -0.221 e. The summed E-state index contributed by atoms with van der Waals surface area (Å²) in [6.07, 6.45) is 1.61. The van der Waals surface area contributed by atoms with E-state index < -0.39 is 0 Å². The van der Waals surface area contributed by atoms with Crippen LogP contribution in [0.25, 0.3) is 16.7 Å². The highest BCUT2D eigenvalue weighted by atomic mass is 35.5. The van der Waals surface area contributed by atoms with Crippen LogP contribution in [0.15, 0.2) is 24.4 Å². The third kappa shape index (κ3) is 2.16. The maximum atomic E-state index is 6.18. The molecule has 0 unspecified atom stereocenters. The maximum Gasteiger partial charge on any atom is 0.168 e. The minimum absolute atomic E-state index is 0.374. The minimum atomic E-state index is 0.374. The molecule has 4 nitrogen and oxygen atoms in total. The Morgan fingerprint density at radius 3 is 2.63 bits per heavy atom. The lowest BCUT2D eigenvalue weighted by Crippen LogP contribution is -2.00. The van der Waals surface area contributed by atoms with Gasteiger partial charge in [0.1, 0.15) is 11.0 Å². The molecular formula is C12H7Cl3N4. The lowest BCUT2D eigenvalue weighted by atomic mass is 10.3. The number of halogens is 3. The van der Waals surface area contributed by atoms with Crippen LogP contribution in [0.1, 0.15) is 5.82 Å². The second-order valence-electron chi connectivity index (χ2n) is 3.95. The number of nitrogens with zero attached hydrogens (tertiary/aromatic N) is 4. The van der Waals surface area contributed by atoms with Crippen LogP contribution in [0, 0.1) is 6.92 Å². The fourth-order valence-corrected chi connectivity index (χ4v) is 2.55. The Kier molecular flexibility index (Phi) is 3.09. The van der Waals surface area contributed by atoms with Crippen LogP contribution < -0.4 is 0 Å². The summed E-state index contributed by atoms with van der Waals surface area (Å²) >= 11 is 18.1. The number of benzene rings is 1. The van der Waals surface area contributed by atoms with Crippen LogP contribution in [0.5, 0.6) is 0 Å². The van der Waals surface area contributed by atoms with Crippen LogP contribution >= 0.6 is 34.8 Å². The molecule has 0 atom stereocenters. The van der Waals surface area contributed by atoms with Crippen molar-refractivity contribution in [2.75, 3.05) is 0 Å². The SMILES string of the molecule is Cc1nc(Cl)c2cnn(-c3ccc(Cl)cc3Cl)c2n1. The monoisotopic (exact) mass is 312 g/mol. The quantitative estimate of drug-likeness (QED) is 0.636. The predicted octanol–water partition coefficient (Wildman–Crippen LogP) is 4.08. The summed E-state index contributed by atoms with van der Waals surface area (Å²) in [6, 6.07) is 5.18. The van der Waals surface area contributed by atoms with Gasteiger partial charge in [-0.1, -0.05) is 34.8 Å². The van der Waals surface area contributed by atoms with Crippen LogP contribution in [0.2, 0.25) is 15.2 Å². The Bertz CT molecular complexity index is 782. The summed E-state index contributed by atoms with van der Waals surface area (Å²) in [4.78, 5) is 8.44. The molecule has 0 radical (unpaired) electrons. The van der Waals surface area contributed by atoms with E-state index in [1.165, 1.54) is 0 Å². The first-order valence-electron chi connectivity index (χ1n) is 5.39. The molecule has 96 valence electrons. The summed E-state index contributed by atoms with van der Waals surface area (Å²) < 4.78 is 1.62. The number of aryl methyl sites for hydroxylation is 1. The fraction of sp³-hybridized carbons (Fsp3) is 0.0833. The third-order valence-corrected chi connectivity index (χ3v) is 3.46. The Morgan fingerprint density at radius 2 is 1.89 bits per heavy atom. The van der Waals surface area contributed by atoms with Crippen molar-refractivity contribution in [3.05, 3.63) is 45.4 Å². The number of hydrogen-bond donors (Lipinski definition) is 0. The summed E-state index contributed by atoms with van der Waals surface area (Å²) in [5.41, 5.74) is 1.30. The van der Waals surface area contributed by atoms with Gasteiger partial charge in [0.05, 0.1) is 22.3 Å². The van der Waals surface area contributed by atoms with E-state index in [4.69, 9.17) is 34.8 Å². The van der Waals surface area contributed by atoms with E-state index >= 15 is 0 Å². The van der Waals surface area contributed by atoms with Gasteiger partial charge in [-0.05, 0) is 25.1 Å². The molecule has 0 saturated heterocycles. The van der Waals surface area contributed by atoms with Crippen LogP contribution in [0.4, 0.5) is 0 Å². The highest BCUT2D eigenvalue weighted by molar-refractivity contribution is 6.36. The van der Waals surface area contributed by atoms with Gasteiger partial charge < -0.3 is 0 Å². The molecule has 0 bridgehead atoms. The van der Waals surface area contributed by atoms with Gasteiger partial charge in [-0.3, -0.25) is 0 Å². The lowest BCUT2D eigenvalue weighted by molar-refractivity contribution is 0.890. The zero-order valence-electron chi connectivity index (χ0n) is 9.73. The maximum absolute atomic E-state index is 6.18. The first-order valence-corrected chi connectivity index (χ1v) is 6.53. The van der Waals surface area contributed by atoms with Gasteiger partial charge in [-0.15, -0.1) is 0 Å². The molecule has 0 fully saturated rings. The first-order chi connectivity index (χ1) is 9.06. The first kappa shape index (κ1) is 12.7. The second kappa shape index (κ2) is 4.63. The van der Waals surface area contributed by atoms with Crippen molar-refractivity contribution >= 4 is 45.8 Å².